The van der Waals surface area contributed by atoms with E-state index in [1.165, 1.54) is 23.4 Å². The van der Waals surface area contributed by atoms with E-state index in [1.807, 2.05) is 0 Å². The summed E-state index contributed by atoms with van der Waals surface area (Å²) in [7, 11) is 1.57. The zero-order chi connectivity index (χ0) is 26.5. The van der Waals surface area contributed by atoms with Gasteiger partial charge in [0.25, 0.3) is 0 Å². The van der Waals surface area contributed by atoms with Crippen molar-refractivity contribution in [2.75, 3.05) is 30.4 Å². The first-order valence-electron chi connectivity index (χ1n) is 11.0. The van der Waals surface area contributed by atoms with Gasteiger partial charge in [0.05, 0.1) is 23.4 Å². The van der Waals surface area contributed by atoms with E-state index in [9.17, 15) is 14.0 Å². The molecule has 2 N–H and O–H groups in total. The number of likely N-dealkylation sites (N-methyl/N-ethyl adjacent to an activating group) is 1. The number of halogens is 2. The Hall–Kier alpha value is -3.73. The zero-order valence-corrected chi connectivity index (χ0v) is 22.0. The largest absolute Gasteiger partial charge is 0.489 e. The number of nitrogens with one attached hydrogen (secondary N) is 2. The molecule has 0 atom stereocenters. The van der Waals surface area contributed by atoms with Gasteiger partial charge in [-0.25, -0.2) is 19.2 Å². The van der Waals surface area contributed by atoms with Crippen molar-refractivity contribution in [2.45, 2.75) is 26.4 Å². The lowest BCUT2D eigenvalue weighted by atomic mass is 10.1. The van der Waals surface area contributed by atoms with Crippen molar-refractivity contribution in [3.8, 4) is 5.75 Å². The molecule has 0 unspecified atom stereocenters. The third-order valence-electron chi connectivity index (χ3n) is 4.79. The van der Waals surface area contributed by atoms with Gasteiger partial charge in [-0.2, -0.15) is 0 Å². The first kappa shape index (κ1) is 26.9. The highest BCUT2D eigenvalue weighted by molar-refractivity contribution is 9.10. The lowest BCUT2D eigenvalue weighted by Crippen LogP contribution is -2.34. The number of hydrogen-bond acceptors (Lipinski definition) is 7. The molecule has 0 fully saturated rings. The van der Waals surface area contributed by atoms with Crippen LogP contribution in [-0.2, 0) is 9.53 Å². The van der Waals surface area contributed by atoms with Gasteiger partial charge < -0.3 is 25.0 Å². The molecule has 0 bridgehead atoms. The molecule has 0 saturated carbocycles. The van der Waals surface area contributed by atoms with E-state index in [1.54, 1.807) is 52.1 Å². The molecule has 0 radical (unpaired) electrons. The maximum absolute atomic E-state index is 14.4. The van der Waals surface area contributed by atoms with Crippen LogP contribution >= 0.6 is 15.9 Å². The summed E-state index contributed by atoms with van der Waals surface area (Å²) >= 11 is 3.24. The van der Waals surface area contributed by atoms with Crippen molar-refractivity contribution in [1.82, 2.24) is 15.3 Å². The molecule has 11 heteroatoms. The molecule has 9 nitrogen and oxygen atoms in total. The van der Waals surface area contributed by atoms with Gasteiger partial charge in [-0.3, -0.25) is 4.79 Å². The first-order valence-corrected chi connectivity index (χ1v) is 11.8. The van der Waals surface area contributed by atoms with Gasteiger partial charge in [-0.1, -0.05) is 22.5 Å². The first-order chi connectivity index (χ1) is 17.0. The van der Waals surface area contributed by atoms with Gasteiger partial charge in [0.15, 0.2) is 0 Å². The van der Waals surface area contributed by atoms with Crippen LogP contribution in [-0.4, -0.2) is 47.8 Å². The SMILES string of the molecule is C=CC(=O)N(C)c1cc2c(Nc3ccc(Br)cc3F)ncnc2cc1OCCNC(=O)OC(C)(C)C. The number of anilines is 3. The summed E-state index contributed by atoms with van der Waals surface area (Å²) in [5.74, 6) is -0.130. The number of ether oxygens (including phenoxy) is 2. The second-order valence-corrected chi connectivity index (χ2v) is 9.60. The molecule has 3 aromatic rings. The quantitative estimate of drug-likeness (QED) is 0.284. The molecular weight excluding hydrogens is 533 g/mol. The number of rotatable bonds is 8. The van der Waals surface area contributed by atoms with E-state index < -0.39 is 17.5 Å². The molecule has 2 aromatic carbocycles. The molecule has 0 aliphatic carbocycles. The Bertz CT molecular complexity index is 1300. The fourth-order valence-electron chi connectivity index (χ4n) is 3.15. The summed E-state index contributed by atoms with van der Waals surface area (Å²) < 4.78 is 26.1. The van der Waals surface area contributed by atoms with Crippen molar-refractivity contribution < 1.29 is 23.5 Å². The van der Waals surface area contributed by atoms with Gasteiger partial charge in [0.2, 0.25) is 5.91 Å². The molecule has 0 aliphatic rings. The van der Waals surface area contributed by atoms with E-state index in [0.717, 1.165) is 0 Å². The Morgan fingerprint density at radius 2 is 1.97 bits per heavy atom. The van der Waals surface area contributed by atoms with Gasteiger partial charge in [0, 0.05) is 23.0 Å². The lowest BCUT2D eigenvalue weighted by molar-refractivity contribution is -0.113. The highest BCUT2D eigenvalue weighted by Crippen LogP contribution is 2.35. The smallest absolute Gasteiger partial charge is 0.407 e. The fraction of sp³-hybridized carbons (Fsp3) is 0.280. The summed E-state index contributed by atoms with van der Waals surface area (Å²) in [6, 6.07) is 7.94. The predicted molar refractivity (Wildman–Crippen MR) is 140 cm³/mol. The minimum atomic E-state index is -0.616. The van der Waals surface area contributed by atoms with E-state index in [4.69, 9.17) is 9.47 Å². The number of fused-ring (bicyclic) bond motifs is 1. The molecule has 1 aromatic heterocycles. The maximum atomic E-state index is 14.4. The van der Waals surface area contributed by atoms with Crippen LogP contribution in [0, 0.1) is 5.82 Å². The summed E-state index contributed by atoms with van der Waals surface area (Å²) in [6.07, 6.45) is 1.95. The van der Waals surface area contributed by atoms with Crippen LogP contribution in [0.1, 0.15) is 20.8 Å². The van der Waals surface area contributed by atoms with Crippen LogP contribution in [0.25, 0.3) is 10.9 Å². The molecule has 2 amide bonds. The summed E-state index contributed by atoms with van der Waals surface area (Å²) in [5.41, 5.74) is 0.528. The Morgan fingerprint density at radius 3 is 2.64 bits per heavy atom. The summed E-state index contributed by atoms with van der Waals surface area (Å²) in [5, 5.41) is 6.14. The number of aromatic nitrogens is 2. The van der Waals surface area contributed by atoms with E-state index in [0.29, 0.717) is 32.6 Å². The van der Waals surface area contributed by atoms with Gasteiger partial charge in [-0.15, -0.1) is 0 Å². The molecule has 0 saturated heterocycles. The molecule has 36 heavy (non-hydrogen) atoms. The third-order valence-corrected chi connectivity index (χ3v) is 5.29. The molecule has 190 valence electrons. The average Bonchev–Trinajstić information content (AvgIpc) is 2.81. The number of nitrogens with zero attached hydrogens (tertiary/aromatic N) is 3. The molecule has 1 heterocycles. The topological polar surface area (TPSA) is 106 Å². The number of benzene rings is 2. The highest BCUT2D eigenvalue weighted by atomic mass is 79.9. The van der Waals surface area contributed by atoms with Crippen molar-refractivity contribution in [2.24, 2.45) is 0 Å². The van der Waals surface area contributed by atoms with Crippen molar-refractivity contribution in [3.05, 3.63) is 59.6 Å². The molecule has 3 rings (SSSR count). The number of alkyl carbamates (subject to hydrolysis) is 1. The van der Waals surface area contributed by atoms with Gasteiger partial charge in [-0.05, 0) is 51.1 Å². The summed E-state index contributed by atoms with van der Waals surface area (Å²) in [4.78, 5) is 34.2. The van der Waals surface area contributed by atoms with Crippen LogP contribution in [0.4, 0.5) is 26.4 Å². The van der Waals surface area contributed by atoms with Crippen molar-refractivity contribution >= 4 is 56.0 Å². The fourth-order valence-corrected chi connectivity index (χ4v) is 3.49. The number of carbonyl (C=O) groups excluding carboxylic acids is 2. The van der Waals surface area contributed by atoms with Gasteiger partial charge in [0.1, 0.15) is 35.9 Å². The van der Waals surface area contributed by atoms with Gasteiger partial charge >= 0.3 is 6.09 Å². The van der Waals surface area contributed by atoms with Crippen LogP contribution in [0.2, 0.25) is 0 Å². The normalized spacial score (nSPS) is 11.1. The van der Waals surface area contributed by atoms with Crippen LogP contribution in [0.3, 0.4) is 0 Å². The number of amides is 2. The molecular formula is C25H27BrFN5O4. The maximum Gasteiger partial charge on any atom is 0.407 e. The predicted octanol–water partition coefficient (Wildman–Crippen LogP) is 5.33. The van der Waals surface area contributed by atoms with Crippen LogP contribution in [0.15, 0.2) is 53.8 Å². The Labute approximate surface area is 216 Å². The average molecular weight is 560 g/mol. The number of hydrogen-bond donors (Lipinski definition) is 2. The van der Waals surface area contributed by atoms with Crippen molar-refractivity contribution in [1.29, 1.82) is 0 Å². The van der Waals surface area contributed by atoms with E-state index in [-0.39, 0.29) is 24.7 Å². The Balaban J connectivity index is 1.90. The zero-order valence-electron chi connectivity index (χ0n) is 20.4. The van der Waals surface area contributed by atoms with E-state index in [2.05, 4.69) is 43.1 Å². The van der Waals surface area contributed by atoms with Crippen molar-refractivity contribution in [3.63, 3.8) is 0 Å². The second-order valence-electron chi connectivity index (χ2n) is 8.69. The standard InChI is InChI=1S/C25H27BrFN5O4/c1-6-22(33)32(5)20-12-16-19(13-21(20)35-10-9-28-24(34)36-25(2,3)4)29-14-30-23(16)31-18-8-7-15(26)11-17(18)27/h6-8,11-14H,1,9-10H2,2-5H3,(H,28,34)(H,29,30,31). The van der Waals surface area contributed by atoms with E-state index >= 15 is 0 Å². The Kier molecular flexibility index (Phi) is 8.46. The van der Waals surface area contributed by atoms with Crippen LogP contribution in [0.5, 0.6) is 5.75 Å². The number of carbonyl (C=O) groups is 2. The highest BCUT2D eigenvalue weighted by Gasteiger charge is 2.19. The molecule has 0 aliphatic heterocycles. The minimum Gasteiger partial charge on any atom is -0.489 e. The minimum absolute atomic E-state index is 0.105. The Morgan fingerprint density at radius 1 is 1.22 bits per heavy atom. The monoisotopic (exact) mass is 559 g/mol. The molecule has 0 spiro atoms. The summed E-state index contributed by atoms with van der Waals surface area (Å²) in [6.45, 7) is 9.13. The van der Waals surface area contributed by atoms with Crippen LogP contribution < -0.4 is 20.3 Å². The second kappa shape index (κ2) is 11.3. The lowest BCUT2D eigenvalue weighted by Gasteiger charge is -2.22. The third kappa shape index (κ3) is 6.91.